The highest BCUT2D eigenvalue weighted by Crippen LogP contribution is 2.31. The van der Waals surface area contributed by atoms with Crippen LogP contribution in [0.25, 0.3) is 22.2 Å². The molecule has 158 valence electrons. The number of nitrogens with one attached hydrogen (secondary N) is 1. The zero-order valence-electron chi connectivity index (χ0n) is 18.1. The number of benzene rings is 2. The zero-order chi connectivity index (χ0) is 22.1. The van der Waals surface area contributed by atoms with Gasteiger partial charge in [0, 0.05) is 34.3 Å². The Labute approximate surface area is 187 Å². The van der Waals surface area contributed by atoms with Crippen molar-refractivity contribution in [3.63, 3.8) is 0 Å². The zero-order valence-corrected chi connectivity index (χ0v) is 18.9. The van der Waals surface area contributed by atoms with Gasteiger partial charge in [-0.2, -0.15) is 5.10 Å². The molecule has 0 aliphatic rings. The summed E-state index contributed by atoms with van der Waals surface area (Å²) in [5.74, 6) is -0.129. The minimum Gasteiger partial charge on any atom is -0.345 e. The van der Waals surface area contributed by atoms with E-state index in [9.17, 15) is 4.79 Å². The maximum atomic E-state index is 13.5. The monoisotopic (exact) mass is 432 g/mol. The van der Waals surface area contributed by atoms with Crippen molar-refractivity contribution in [2.24, 2.45) is 0 Å². The fourth-order valence-electron chi connectivity index (χ4n) is 3.98. The third kappa shape index (κ3) is 4.06. The van der Waals surface area contributed by atoms with Gasteiger partial charge < -0.3 is 5.32 Å². The molecule has 31 heavy (non-hydrogen) atoms. The molecule has 2 aromatic heterocycles. The van der Waals surface area contributed by atoms with Crippen molar-refractivity contribution in [1.29, 1.82) is 0 Å². The van der Waals surface area contributed by atoms with E-state index in [-0.39, 0.29) is 11.9 Å². The molecule has 0 fully saturated rings. The number of hydrogen-bond acceptors (Lipinski definition) is 3. The Morgan fingerprint density at radius 3 is 2.65 bits per heavy atom. The van der Waals surface area contributed by atoms with E-state index in [1.54, 1.807) is 0 Å². The van der Waals surface area contributed by atoms with Crippen LogP contribution in [-0.2, 0) is 6.54 Å². The molecule has 1 amide bonds. The van der Waals surface area contributed by atoms with Crippen molar-refractivity contribution >= 4 is 28.4 Å². The Balaban J connectivity index is 1.79. The van der Waals surface area contributed by atoms with Gasteiger partial charge in [-0.3, -0.25) is 9.48 Å². The molecule has 4 aromatic rings. The summed E-state index contributed by atoms with van der Waals surface area (Å²) in [7, 11) is 0. The number of halogens is 1. The maximum Gasteiger partial charge on any atom is 0.252 e. The van der Waals surface area contributed by atoms with Crippen molar-refractivity contribution in [2.75, 3.05) is 0 Å². The lowest BCUT2D eigenvalue weighted by Gasteiger charge is -2.18. The molecule has 0 radical (unpaired) electrons. The minimum absolute atomic E-state index is 0.129. The van der Waals surface area contributed by atoms with Crippen LogP contribution in [0.5, 0.6) is 0 Å². The Morgan fingerprint density at radius 2 is 1.94 bits per heavy atom. The van der Waals surface area contributed by atoms with Gasteiger partial charge in [0.2, 0.25) is 0 Å². The molecule has 5 nitrogen and oxygen atoms in total. The highest BCUT2D eigenvalue weighted by atomic mass is 35.5. The fraction of sp³-hybridized carbons (Fsp3) is 0.240. The van der Waals surface area contributed by atoms with Gasteiger partial charge in [-0.1, -0.05) is 41.9 Å². The van der Waals surface area contributed by atoms with Crippen LogP contribution in [-0.4, -0.2) is 20.7 Å². The average molecular weight is 433 g/mol. The van der Waals surface area contributed by atoms with Gasteiger partial charge in [0.1, 0.15) is 0 Å². The lowest BCUT2D eigenvalue weighted by atomic mass is 9.96. The Kier molecular flexibility index (Phi) is 5.79. The number of aryl methyl sites for hydroxylation is 2. The van der Waals surface area contributed by atoms with Gasteiger partial charge in [-0.25, -0.2) is 4.98 Å². The predicted molar refractivity (Wildman–Crippen MR) is 125 cm³/mol. The molecule has 0 saturated carbocycles. The first-order valence-corrected chi connectivity index (χ1v) is 10.8. The number of pyridine rings is 1. The van der Waals surface area contributed by atoms with E-state index in [1.807, 2.05) is 87.1 Å². The highest BCUT2D eigenvalue weighted by molar-refractivity contribution is 6.30. The highest BCUT2D eigenvalue weighted by Gasteiger charge is 2.22. The summed E-state index contributed by atoms with van der Waals surface area (Å²) in [6.07, 6.45) is 2.00. The summed E-state index contributed by atoms with van der Waals surface area (Å²) in [6.45, 7) is 8.73. The van der Waals surface area contributed by atoms with Gasteiger partial charge in [0.15, 0.2) is 0 Å². The maximum absolute atomic E-state index is 13.5. The number of rotatable bonds is 5. The Morgan fingerprint density at radius 1 is 1.16 bits per heavy atom. The molecule has 4 rings (SSSR count). The molecular formula is C25H25ClN4O. The molecule has 0 spiro atoms. The van der Waals surface area contributed by atoms with Crippen LogP contribution >= 0.6 is 11.6 Å². The first-order valence-electron chi connectivity index (χ1n) is 10.4. The number of carbonyl (C=O) groups is 1. The van der Waals surface area contributed by atoms with Gasteiger partial charge in [0.05, 0.1) is 28.5 Å². The van der Waals surface area contributed by atoms with Crippen LogP contribution in [0.1, 0.15) is 47.1 Å². The van der Waals surface area contributed by atoms with Crippen molar-refractivity contribution in [2.45, 2.75) is 40.3 Å². The molecule has 0 aliphatic carbocycles. The molecule has 6 heteroatoms. The van der Waals surface area contributed by atoms with E-state index in [2.05, 4.69) is 10.4 Å². The summed E-state index contributed by atoms with van der Waals surface area (Å²) in [4.78, 5) is 18.4. The van der Waals surface area contributed by atoms with E-state index >= 15 is 0 Å². The number of fused-ring (bicyclic) bond motifs is 1. The van der Waals surface area contributed by atoms with Crippen LogP contribution < -0.4 is 5.32 Å². The van der Waals surface area contributed by atoms with Crippen LogP contribution in [0.4, 0.5) is 0 Å². The average Bonchev–Trinajstić information content (AvgIpc) is 3.14. The Bertz CT molecular complexity index is 1280. The molecular weight excluding hydrogens is 408 g/mol. The van der Waals surface area contributed by atoms with Gasteiger partial charge in [0.25, 0.3) is 5.91 Å². The molecule has 2 heterocycles. The standard InChI is InChI=1S/C25H25ClN4O/c1-5-30-14-21(17(4)29-30)16(3)27-25(31)23-15(2)24(18-9-8-10-19(26)13-18)28-22-12-7-6-11-20(22)23/h6-14,16H,5H2,1-4H3,(H,27,31). The third-order valence-corrected chi connectivity index (χ3v) is 5.82. The van der Waals surface area contributed by atoms with Gasteiger partial charge >= 0.3 is 0 Å². The van der Waals surface area contributed by atoms with Crippen LogP contribution in [0, 0.1) is 13.8 Å². The summed E-state index contributed by atoms with van der Waals surface area (Å²) < 4.78 is 1.89. The first-order chi connectivity index (χ1) is 14.9. The lowest BCUT2D eigenvalue weighted by Crippen LogP contribution is -2.28. The number of hydrogen-bond donors (Lipinski definition) is 1. The van der Waals surface area contributed by atoms with Crippen molar-refractivity contribution in [1.82, 2.24) is 20.1 Å². The number of aromatic nitrogens is 3. The van der Waals surface area contributed by atoms with Gasteiger partial charge in [-0.15, -0.1) is 0 Å². The molecule has 0 aliphatic heterocycles. The second kappa shape index (κ2) is 8.52. The number of amides is 1. The predicted octanol–water partition coefficient (Wildman–Crippen LogP) is 5.88. The second-order valence-electron chi connectivity index (χ2n) is 7.71. The second-order valence-corrected chi connectivity index (χ2v) is 8.15. The van der Waals surface area contributed by atoms with Crippen LogP contribution in [0.2, 0.25) is 5.02 Å². The number of nitrogens with zero attached hydrogens (tertiary/aromatic N) is 3. The van der Waals surface area contributed by atoms with Crippen molar-refractivity contribution < 1.29 is 4.79 Å². The summed E-state index contributed by atoms with van der Waals surface area (Å²) >= 11 is 6.22. The lowest BCUT2D eigenvalue weighted by molar-refractivity contribution is 0.0941. The van der Waals surface area contributed by atoms with E-state index in [4.69, 9.17) is 16.6 Å². The summed E-state index contributed by atoms with van der Waals surface area (Å²) in [6, 6.07) is 15.1. The first kappa shape index (κ1) is 21.1. The normalized spacial score (nSPS) is 12.2. The SMILES string of the molecule is CCn1cc(C(C)NC(=O)c2c(C)c(-c3cccc(Cl)c3)nc3ccccc23)c(C)n1. The molecule has 1 N–H and O–H groups in total. The topological polar surface area (TPSA) is 59.8 Å². The summed E-state index contributed by atoms with van der Waals surface area (Å²) in [5, 5.41) is 9.13. The smallest absolute Gasteiger partial charge is 0.252 e. The van der Waals surface area contributed by atoms with E-state index < -0.39 is 0 Å². The summed E-state index contributed by atoms with van der Waals surface area (Å²) in [5.41, 5.74) is 5.81. The Hall–Kier alpha value is -3.18. The largest absolute Gasteiger partial charge is 0.345 e. The molecule has 0 saturated heterocycles. The van der Waals surface area contributed by atoms with E-state index in [0.29, 0.717) is 10.6 Å². The molecule has 1 atom stereocenters. The van der Waals surface area contributed by atoms with Crippen molar-refractivity contribution in [3.8, 4) is 11.3 Å². The molecule has 2 aromatic carbocycles. The number of para-hydroxylation sites is 1. The van der Waals surface area contributed by atoms with E-state index in [0.717, 1.165) is 45.5 Å². The van der Waals surface area contributed by atoms with E-state index in [1.165, 1.54) is 0 Å². The quantitative estimate of drug-likeness (QED) is 0.428. The fourth-order valence-corrected chi connectivity index (χ4v) is 4.17. The van der Waals surface area contributed by atoms with Crippen LogP contribution in [0.3, 0.4) is 0 Å². The van der Waals surface area contributed by atoms with Gasteiger partial charge in [-0.05, 0) is 51.5 Å². The third-order valence-electron chi connectivity index (χ3n) is 5.58. The molecule has 0 bridgehead atoms. The van der Waals surface area contributed by atoms with Crippen LogP contribution in [0.15, 0.2) is 54.7 Å². The van der Waals surface area contributed by atoms with Crippen molar-refractivity contribution in [3.05, 3.63) is 82.1 Å². The number of carbonyl (C=O) groups excluding carboxylic acids is 1. The molecule has 1 unspecified atom stereocenters. The minimum atomic E-state index is -0.172.